The highest BCUT2D eigenvalue weighted by Crippen LogP contribution is 2.27. The fourth-order valence-corrected chi connectivity index (χ4v) is 2.91. The molecule has 0 bridgehead atoms. The molecule has 6 nitrogen and oxygen atoms in total. The Hall–Kier alpha value is -1.89. The maximum absolute atomic E-state index is 12.0. The highest BCUT2D eigenvalue weighted by molar-refractivity contribution is 7.89. The van der Waals surface area contributed by atoms with Crippen molar-refractivity contribution < 1.29 is 18.0 Å². The van der Waals surface area contributed by atoms with Crippen molar-refractivity contribution in [2.24, 2.45) is 0 Å². The second kappa shape index (κ2) is 6.26. The molecule has 0 atom stereocenters. The fraction of sp³-hybridized carbons (Fsp3) is 0.429. The lowest BCUT2D eigenvalue weighted by Gasteiger charge is -2.29. The van der Waals surface area contributed by atoms with Gasteiger partial charge in [-0.15, -0.1) is 0 Å². The zero-order valence-electron chi connectivity index (χ0n) is 11.8. The first kappa shape index (κ1) is 15.5. The number of nitrogens with one attached hydrogen (secondary N) is 1. The van der Waals surface area contributed by atoms with Crippen molar-refractivity contribution in [3.63, 3.8) is 0 Å². The number of benzene rings is 1. The van der Waals surface area contributed by atoms with Crippen LogP contribution < -0.4 is 9.62 Å². The number of nitrogens with zero attached hydrogens (tertiary/aromatic N) is 1. The van der Waals surface area contributed by atoms with E-state index in [1.54, 1.807) is 4.90 Å². The molecule has 1 aromatic rings. The number of anilines is 1. The molecule has 0 unspecified atom stereocenters. The maximum Gasteiger partial charge on any atom is 0.233 e. The molecular formula is C14H18N2O4S. The topological polar surface area (TPSA) is 83.6 Å². The number of sulfonamides is 1. The van der Waals surface area contributed by atoms with Crippen molar-refractivity contribution in [2.45, 2.75) is 25.7 Å². The number of carbonyl (C=O) groups excluding carboxylic acids is 2. The van der Waals surface area contributed by atoms with E-state index >= 15 is 0 Å². The normalized spacial score (nSPS) is 14.7. The van der Waals surface area contributed by atoms with Crippen LogP contribution in [0.5, 0.6) is 0 Å². The zero-order valence-corrected chi connectivity index (χ0v) is 12.6. The Bertz CT molecular complexity index is 655. The summed E-state index contributed by atoms with van der Waals surface area (Å²) in [5.74, 6) is -0.507. The first-order valence-corrected chi connectivity index (χ1v) is 8.65. The molecule has 21 heavy (non-hydrogen) atoms. The highest BCUT2D eigenvalue weighted by atomic mass is 32.2. The van der Waals surface area contributed by atoms with Gasteiger partial charge in [0.05, 0.1) is 6.26 Å². The van der Waals surface area contributed by atoms with Gasteiger partial charge in [-0.1, -0.05) is 18.2 Å². The number of para-hydroxylation sites is 1. The molecule has 1 aliphatic heterocycles. The van der Waals surface area contributed by atoms with Gasteiger partial charge in [0.15, 0.2) is 0 Å². The van der Waals surface area contributed by atoms with Crippen molar-refractivity contribution in [1.82, 2.24) is 4.72 Å². The SMILES string of the molecule is CS(=O)(=O)NC(=O)CCCN1C(=O)CCc2ccccc21. The van der Waals surface area contributed by atoms with Crippen LogP contribution in [0.2, 0.25) is 0 Å². The largest absolute Gasteiger partial charge is 0.312 e. The van der Waals surface area contributed by atoms with Crippen LogP contribution in [0.3, 0.4) is 0 Å². The van der Waals surface area contributed by atoms with E-state index in [-0.39, 0.29) is 12.3 Å². The van der Waals surface area contributed by atoms with Crippen molar-refractivity contribution >= 4 is 27.5 Å². The number of amides is 2. The van der Waals surface area contributed by atoms with E-state index in [0.717, 1.165) is 23.9 Å². The Balaban J connectivity index is 1.94. The summed E-state index contributed by atoms with van der Waals surface area (Å²) in [6.45, 7) is 0.410. The molecule has 0 fully saturated rings. The number of fused-ring (bicyclic) bond motifs is 1. The molecule has 0 aliphatic carbocycles. The van der Waals surface area contributed by atoms with Gasteiger partial charge in [-0.3, -0.25) is 14.3 Å². The molecule has 1 aliphatic rings. The summed E-state index contributed by atoms with van der Waals surface area (Å²) in [7, 11) is -3.52. The monoisotopic (exact) mass is 310 g/mol. The Labute approximate surface area is 124 Å². The van der Waals surface area contributed by atoms with Crippen molar-refractivity contribution in [3.05, 3.63) is 29.8 Å². The van der Waals surface area contributed by atoms with Gasteiger partial charge in [0.25, 0.3) is 0 Å². The van der Waals surface area contributed by atoms with Crippen LogP contribution in [0, 0.1) is 0 Å². The van der Waals surface area contributed by atoms with Crippen LogP contribution in [0.4, 0.5) is 5.69 Å². The fourth-order valence-electron chi connectivity index (χ4n) is 2.40. The second-order valence-corrected chi connectivity index (χ2v) is 6.82. The predicted molar refractivity (Wildman–Crippen MR) is 79.3 cm³/mol. The van der Waals surface area contributed by atoms with Gasteiger partial charge in [0.1, 0.15) is 0 Å². The van der Waals surface area contributed by atoms with Crippen LogP contribution in [0.25, 0.3) is 0 Å². The molecule has 1 N–H and O–H groups in total. The van der Waals surface area contributed by atoms with Gasteiger partial charge in [0.2, 0.25) is 21.8 Å². The highest BCUT2D eigenvalue weighted by Gasteiger charge is 2.23. The van der Waals surface area contributed by atoms with E-state index in [0.29, 0.717) is 19.4 Å². The average Bonchev–Trinajstić information content (AvgIpc) is 2.39. The summed E-state index contributed by atoms with van der Waals surface area (Å²) in [6.07, 6.45) is 2.63. The van der Waals surface area contributed by atoms with E-state index in [1.807, 2.05) is 29.0 Å². The Morgan fingerprint density at radius 2 is 2.00 bits per heavy atom. The Morgan fingerprint density at radius 3 is 2.71 bits per heavy atom. The number of hydrogen-bond donors (Lipinski definition) is 1. The second-order valence-electron chi connectivity index (χ2n) is 5.08. The first-order chi connectivity index (χ1) is 9.87. The lowest BCUT2D eigenvalue weighted by molar-refractivity contribution is -0.120. The molecule has 1 heterocycles. The molecule has 7 heteroatoms. The van der Waals surface area contributed by atoms with Gasteiger partial charge >= 0.3 is 0 Å². The van der Waals surface area contributed by atoms with E-state index in [4.69, 9.17) is 0 Å². The molecule has 2 amide bonds. The minimum atomic E-state index is -3.52. The van der Waals surface area contributed by atoms with E-state index < -0.39 is 15.9 Å². The molecule has 0 saturated heterocycles. The predicted octanol–water partition coefficient (Wildman–Crippen LogP) is 0.822. The van der Waals surface area contributed by atoms with Gasteiger partial charge in [-0.2, -0.15) is 0 Å². The average molecular weight is 310 g/mol. The third kappa shape index (κ3) is 4.29. The molecule has 0 aromatic heterocycles. The van der Waals surface area contributed by atoms with E-state index in [9.17, 15) is 18.0 Å². The molecule has 0 radical (unpaired) electrons. The van der Waals surface area contributed by atoms with Crippen LogP contribution in [0.1, 0.15) is 24.8 Å². The van der Waals surface area contributed by atoms with Crippen LogP contribution in [-0.2, 0) is 26.0 Å². The molecular weight excluding hydrogens is 292 g/mol. The van der Waals surface area contributed by atoms with Crippen LogP contribution in [0.15, 0.2) is 24.3 Å². The maximum atomic E-state index is 12.0. The summed E-state index contributed by atoms with van der Waals surface area (Å²) < 4.78 is 23.8. The summed E-state index contributed by atoms with van der Waals surface area (Å²) in [5.41, 5.74) is 2.01. The minimum absolute atomic E-state index is 0.0391. The van der Waals surface area contributed by atoms with Crippen molar-refractivity contribution in [2.75, 3.05) is 17.7 Å². The molecule has 2 rings (SSSR count). The smallest absolute Gasteiger partial charge is 0.233 e. The van der Waals surface area contributed by atoms with Gasteiger partial charge in [-0.05, 0) is 24.5 Å². The van der Waals surface area contributed by atoms with Crippen LogP contribution in [-0.4, -0.2) is 33.0 Å². The quantitative estimate of drug-likeness (QED) is 0.873. The molecule has 0 spiro atoms. The summed E-state index contributed by atoms with van der Waals surface area (Å²) in [5, 5.41) is 0. The van der Waals surface area contributed by atoms with Gasteiger partial charge in [-0.25, -0.2) is 8.42 Å². The van der Waals surface area contributed by atoms with Gasteiger partial charge < -0.3 is 4.90 Å². The number of hydrogen-bond acceptors (Lipinski definition) is 4. The molecule has 114 valence electrons. The third-order valence-electron chi connectivity index (χ3n) is 3.28. The minimum Gasteiger partial charge on any atom is -0.312 e. The summed E-state index contributed by atoms with van der Waals surface area (Å²) >= 11 is 0. The van der Waals surface area contributed by atoms with Crippen LogP contribution >= 0.6 is 0 Å². The van der Waals surface area contributed by atoms with E-state index in [2.05, 4.69) is 0 Å². The summed E-state index contributed by atoms with van der Waals surface area (Å²) in [4.78, 5) is 25.1. The van der Waals surface area contributed by atoms with E-state index in [1.165, 1.54) is 0 Å². The van der Waals surface area contributed by atoms with Crippen molar-refractivity contribution in [1.29, 1.82) is 0 Å². The Morgan fingerprint density at radius 1 is 1.29 bits per heavy atom. The summed E-state index contributed by atoms with van der Waals surface area (Å²) in [6, 6.07) is 7.70. The van der Waals surface area contributed by atoms with Crippen molar-refractivity contribution in [3.8, 4) is 0 Å². The standard InChI is InChI=1S/C14H18N2O4S/c1-21(19,20)15-13(17)7-4-10-16-12-6-3-2-5-11(12)8-9-14(16)18/h2-3,5-6H,4,7-10H2,1H3,(H,15,17). The Kier molecular flexibility index (Phi) is 4.62. The first-order valence-electron chi connectivity index (χ1n) is 6.76. The third-order valence-corrected chi connectivity index (χ3v) is 3.87. The lowest BCUT2D eigenvalue weighted by atomic mass is 10.0. The molecule has 1 aromatic carbocycles. The number of aryl methyl sites for hydroxylation is 1. The lowest BCUT2D eigenvalue weighted by Crippen LogP contribution is -2.36. The van der Waals surface area contributed by atoms with Gasteiger partial charge in [0, 0.05) is 25.1 Å². The number of carbonyl (C=O) groups is 2. The zero-order chi connectivity index (χ0) is 15.5. The molecule has 0 saturated carbocycles. The number of rotatable bonds is 5.